The van der Waals surface area contributed by atoms with Gasteiger partial charge in [-0.3, -0.25) is 14.6 Å². The Morgan fingerprint density at radius 2 is 1.96 bits per heavy atom. The maximum atomic E-state index is 12.7. The summed E-state index contributed by atoms with van der Waals surface area (Å²) in [7, 11) is 1.26. The van der Waals surface area contributed by atoms with Crippen LogP contribution in [0.15, 0.2) is 54.7 Å². The molecule has 7 nitrogen and oxygen atoms in total. The summed E-state index contributed by atoms with van der Waals surface area (Å²) in [5.74, 6) is -1.50. The molecule has 1 N–H and O–H groups in total. The number of methoxy groups -OCH3 is 1. The van der Waals surface area contributed by atoms with Crippen LogP contribution in [0.25, 0.3) is 0 Å². The van der Waals surface area contributed by atoms with Crippen molar-refractivity contribution in [1.29, 1.82) is 0 Å². The summed E-state index contributed by atoms with van der Waals surface area (Å²) in [4.78, 5) is 42.9. The Morgan fingerprint density at radius 1 is 1.21 bits per heavy atom. The SMILES string of the molecule is COC(=O)C(NC(=O)C1CC(=O)N(CCc2ccccc2)C1)c1ccccn1. The number of carbonyl (C=O) groups excluding carboxylic acids is 3. The van der Waals surface area contributed by atoms with E-state index in [9.17, 15) is 14.4 Å². The molecule has 1 aromatic carbocycles. The van der Waals surface area contributed by atoms with Crippen molar-refractivity contribution in [3.05, 3.63) is 66.0 Å². The molecule has 146 valence electrons. The van der Waals surface area contributed by atoms with E-state index < -0.39 is 17.9 Å². The Hall–Kier alpha value is -3.22. The summed E-state index contributed by atoms with van der Waals surface area (Å²) >= 11 is 0. The third-order valence-electron chi connectivity index (χ3n) is 4.81. The molecular weight excluding hydrogens is 358 g/mol. The second-order valence-electron chi connectivity index (χ2n) is 6.70. The Kier molecular flexibility index (Phi) is 6.37. The fourth-order valence-corrected chi connectivity index (χ4v) is 3.25. The van der Waals surface area contributed by atoms with Gasteiger partial charge >= 0.3 is 5.97 Å². The highest BCUT2D eigenvalue weighted by Gasteiger charge is 2.36. The van der Waals surface area contributed by atoms with Crippen LogP contribution in [0.5, 0.6) is 0 Å². The molecule has 0 radical (unpaired) electrons. The van der Waals surface area contributed by atoms with Gasteiger partial charge in [-0.05, 0) is 24.1 Å². The van der Waals surface area contributed by atoms with Gasteiger partial charge in [0.05, 0.1) is 18.7 Å². The van der Waals surface area contributed by atoms with Crippen LogP contribution in [-0.4, -0.2) is 47.9 Å². The zero-order chi connectivity index (χ0) is 19.9. The average Bonchev–Trinajstić information content (AvgIpc) is 3.12. The molecule has 2 heterocycles. The first-order chi connectivity index (χ1) is 13.6. The van der Waals surface area contributed by atoms with Crippen LogP contribution >= 0.6 is 0 Å². The molecule has 28 heavy (non-hydrogen) atoms. The number of likely N-dealkylation sites (tertiary alicyclic amines) is 1. The smallest absolute Gasteiger partial charge is 0.334 e. The fourth-order valence-electron chi connectivity index (χ4n) is 3.25. The van der Waals surface area contributed by atoms with Crippen LogP contribution < -0.4 is 5.32 Å². The number of esters is 1. The molecule has 0 spiro atoms. The summed E-state index contributed by atoms with van der Waals surface area (Å²) in [6, 6.07) is 14.0. The van der Waals surface area contributed by atoms with Gasteiger partial charge in [0.25, 0.3) is 0 Å². The maximum absolute atomic E-state index is 12.7. The molecule has 1 aliphatic rings. The quantitative estimate of drug-likeness (QED) is 0.735. The number of amides is 2. The van der Waals surface area contributed by atoms with E-state index in [0.717, 1.165) is 12.0 Å². The molecule has 2 aromatic rings. The van der Waals surface area contributed by atoms with Gasteiger partial charge in [0.15, 0.2) is 6.04 Å². The number of benzene rings is 1. The minimum atomic E-state index is -0.993. The van der Waals surface area contributed by atoms with Crippen molar-refractivity contribution in [2.45, 2.75) is 18.9 Å². The van der Waals surface area contributed by atoms with Gasteiger partial charge < -0.3 is 15.0 Å². The molecule has 2 atom stereocenters. The number of hydrogen-bond donors (Lipinski definition) is 1. The van der Waals surface area contributed by atoms with Gasteiger partial charge in [0.2, 0.25) is 11.8 Å². The summed E-state index contributed by atoms with van der Waals surface area (Å²) in [6.45, 7) is 0.904. The van der Waals surface area contributed by atoms with E-state index in [-0.39, 0.29) is 18.2 Å². The number of pyridine rings is 1. The lowest BCUT2D eigenvalue weighted by Crippen LogP contribution is -2.39. The van der Waals surface area contributed by atoms with Crippen molar-refractivity contribution in [3.63, 3.8) is 0 Å². The first kappa shape index (κ1) is 19.5. The van der Waals surface area contributed by atoms with Gasteiger partial charge in [-0.2, -0.15) is 0 Å². The highest BCUT2D eigenvalue weighted by Crippen LogP contribution is 2.20. The molecule has 7 heteroatoms. The molecule has 2 unspecified atom stereocenters. The molecule has 0 saturated carbocycles. The number of hydrogen-bond acceptors (Lipinski definition) is 5. The summed E-state index contributed by atoms with van der Waals surface area (Å²) in [5.41, 5.74) is 1.54. The molecule has 3 rings (SSSR count). The maximum Gasteiger partial charge on any atom is 0.334 e. The second-order valence-corrected chi connectivity index (χ2v) is 6.70. The van der Waals surface area contributed by atoms with Gasteiger partial charge in [-0.1, -0.05) is 36.4 Å². The van der Waals surface area contributed by atoms with Crippen LogP contribution in [0.4, 0.5) is 0 Å². The van der Waals surface area contributed by atoms with Crippen molar-refractivity contribution < 1.29 is 19.1 Å². The van der Waals surface area contributed by atoms with Gasteiger partial charge in [0, 0.05) is 25.7 Å². The lowest BCUT2D eigenvalue weighted by Gasteiger charge is -2.19. The van der Waals surface area contributed by atoms with E-state index in [0.29, 0.717) is 18.8 Å². The van der Waals surface area contributed by atoms with E-state index in [4.69, 9.17) is 4.74 Å². The fraction of sp³-hybridized carbons (Fsp3) is 0.333. The minimum absolute atomic E-state index is 0.0523. The third-order valence-corrected chi connectivity index (χ3v) is 4.81. The van der Waals surface area contributed by atoms with Crippen LogP contribution in [0.1, 0.15) is 23.7 Å². The van der Waals surface area contributed by atoms with Crippen molar-refractivity contribution >= 4 is 17.8 Å². The largest absolute Gasteiger partial charge is 0.467 e. The standard InChI is InChI=1S/C21H23N3O4/c1-28-21(27)19(17-9-5-6-11-22-17)23-20(26)16-13-18(25)24(14-16)12-10-15-7-3-2-4-8-15/h2-9,11,16,19H,10,12-14H2,1H3,(H,23,26). The normalized spacial score (nSPS) is 17.2. The molecular formula is C21H23N3O4. The van der Waals surface area contributed by atoms with E-state index >= 15 is 0 Å². The van der Waals surface area contributed by atoms with Crippen LogP contribution in [-0.2, 0) is 25.5 Å². The molecule has 1 aromatic heterocycles. The first-order valence-corrected chi connectivity index (χ1v) is 9.19. The van der Waals surface area contributed by atoms with Crippen LogP contribution in [0.2, 0.25) is 0 Å². The number of nitrogens with zero attached hydrogens (tertiary/aromatic N) is 2. The number of carbonyl (C=O) groups is 3. The van der Waals surface area contributed by atoms with Gasteiger partial charge in [-0.15, -0.1) is 0 Å². The monoisotopic (exact) mass is 381 g/mol. The van der Waals surface area contributed by atoms with Crippen molar-refractivity contribution in [2.75, 3.05) is 20.2 Å². The molecule has 0 bridgehead atoms. The zero-order valence-electron chi connectivity index (χ0n) is 15.7. The van der Waals surface area contributed by atoms with E-state index in [1.165, 1.54) is 7.11 Å². The Bertz CT molecular complexity index is 826. The number of nitrogens with one attached hydrogen (secondary N) is 1. The topological polar surface area (TPSA) is 88.6 Å². The average molecular weight is 381 g/mol. The van der Waals surface area contributed by atoms with Crippen molar-refractivity contribution in [3.8, 4) is 0 Å². The summed E-state index contributed by atoms with van der Waals surface area (Å²) < 4.78 is 4.79. The zero-order valence-corrected chi connectivity index (χ0v) is 15.7. The Morgan fingerprint density at radius 3 is 2.64 bits per heavy atom. The first-order valence-electron chi connectivity index (χ1n) is 9.19. The number of rotatable bonds is 7. The van der Waals surface area contributed by atoms with Crippen molar-refractivity contribution in [1.82, 2.24) is 15.2 Å². The predicted molar refractivity (Wildman–Crippen MR) is 102 cm³/mol. The third kappa shape index (κ3) is 4.73. The van der Waals surface area contributed by atoms with Crippen LogP contribution in [0, 0.1) is 5.92 Å². The highest BCUT2D eigenvalue weighted by molar-refractivity contribution is 5.91. The Labute approximate surface area is 163 Å². The number of aromatic nitrogens is 1. The van der Waals surface area contributed by atoms with E-state index in [1.54, 1.807) is 29.3 Å². The lowest BCUT2D eigenvalue weighted by atomic mass is 10.1. The number of ether oxygens (including phenoxy) is 1. The van der Waals surface area contributed by atoms with Crippen LogP contribution in [0.3, 0.4) is 0 Å². The lowest BCUT2D eigenvalue weighted by molar-refractivity contribution is -0.145. The summed E-state index contributed by atoms with van der Waals surface area (Å²) in [5, 5.41) is 2.69. The van der Waals surface area contributed by atoms with Gasteiger partial charge in [-0.25, -0.2) is 4.79 Å². The van der Waals surface area contributed by atoms with Gasteiger partial charge in [0.1, 0.15) is 0 Å². The molecule has 1 fully saturated rings. The highest BCUT2D eigenvalue weighted by atomic mass is 16.5. The minimum Gasteiger partial charge on any atom is -0.467 e. The van der Waals surface area contributed by atoms with E-state index in [1.807, 2.05) is 30.3 Å². The second kappa shape index (κ2) is 9.12. The van der Waals surface area contributed by atoms with E-state index in [2.05, 4.69) is 10.3 Å². The molecule has 2 amide bonds. The molecule has 1 saturated heterocycles. The molecule has 0 aliphatic carbocycles. The Balaban J connectivity index is 1.60. The summed E-state index contributed by atoms with van der Waals surface area (Å²) in [6.07, 6.45) is 2.41. The van der Waals surface area contributed by atoms with Crippen molar-refractivity contribution in [2.24, 2.45) is 5.92 Å². The predicted octanol–water partition coefficient (Wildman–Crippen LogP) is 1.50. The molecule has 1 aliphatic heterocycles.